The maximum absolute atomic E-state index is 11.5. The van der Waals surface area contributed by atoms with Crippen LogP contribution >= 0.6 is 23.2 Å². The number of nitrogens with zero attached hydrogens (tertiary/aromatic N) is 2. The van der Waals surface area contributed by atoms with Gasteiger partial charge < -0.3 is 14.6 Å². The maximum Gasteiger partial charge on any atom is 0.356 e. The normalized spacial score (nSPS) is 13.4. The Kier molecular flexibility index (Phi) is 9.13. The number of ketones is 1. The van der Waals surface area contributed by atoms with Crippen LogP contribution in [0.5, 0.6) is 11.5 Å². The monoisotopic (exact) mass is 506 g/mol. The van der Waals surface area contributed by atoms with Crippen LogP contribution in [0.4, 0.5) is 0 Å². The number of carbonyl (C=O) groups is 2. The summed E-state index contributed by atoms with van der Waals surface area (Å²) in [6.45, 7) is 1.04. The van der Waals surface area contributed by atoms with Gasteiger partial charge in [-0.25, -0.2) is 4.79 Å². The highest BCUT2D eigenvalue weighted by molar-refractivity contribution is 6.31. The molecule has 0 aliphatic carbocycles. The molecule has 1 aromatic heterocycles. The molecule has 0 saturated carbocycles. The summed E-state index contributed by atoms with van der Waals surface area (Å²) in [5.74, 6) is 0.451. The number of hydrogen-bond acceptors (Lipinski definition) is 5. The van der Waals surface area contributed by atoms with Gasteiger partial charge in [-0.2, -0.15) is 5.10 Å². The average molecular weight is 507 g/mol. The first kappa shape index (κ1) is 27.2. The fraction of sp³-hybridized carbons (Fsp3) is 0.320. The molecule has 0 radical (unpaired) electrons. The second-order valence-corrected chi connectivity index (χ2v) is 8.23. The van der Waals surface area contributed by atoms with E-state index in [9.17, 15) is 14.7 Å². The van der Waals surface area contributed by atoms with E-state index in [-0.39, 0.29) is 26.3 Å². The minimum Gasteiger partial charge on any atom is -0.493 e. The van der Waals surface area contributed by atoms with E-state index in [1.165, 1.54) is 0 Å². The number of aromatic nitrogens is 2. The fourth-order valence-corrected chi connectivity index (χ4v) is 4.13. The minimum absolute atomic E-state index is 0. The van der Waals surface area contributed by atoms with Crippen molar-refractivity contribution in [2.24, 2.45) is 7.05 Å². The molecule has 0 spiro atoms. The number of carboxylic acid groups (broad SMARTS) is 1. The van der Waals surface area contributed by atoms with Crippen LogP contribution in [-0.2, 0) is 13.5 Å². The molecule has 0 bridgehead atoms. The lowest BCUT2D eigenvalue weighted by molar-refractivity contribution is 0.0688. The van der Waals surface area contributed by atoms with Crippen molar-refractivity contribution in [3.63, 3.8) is 0 Å². The first-order chi connectivity index (χ1) is 15.3. The standard InChI is InChI=1S/C13H11ClN2O3.C10H9ClO2.2CH4/c1-16-12-8(11(15-16)13(17)18)4-5-19-10-3-2-7(14)6-9(10)12;11-7-3-4-10-8(6-7)9(12)2-1-5-13-10;;/h2-3,6H,4-5H2,1H3,(H,17,18);3-4,6H,1-2,5H2;2*1H4. The van der Waals surface area contributed by atoms with Crippen LogP contribution in [0, 0.1) is 0 Å². The molecule has 2 aliphatic rings. The Labute approximate surface area is 209 Å². The zero-order valence-electron chi connectivity index (χ0n) is 17.2. The van der Waals surface area contributed by atoms with Crippen LogP contribution in [-0.4, -0.2) is 39.9 Å². The zero-order chi connectivity index (χ0) is 22.8. The van der Waals surface area contributed by atoms with E-state index >= 15 is 0 Å². The summed E-state index contributed by atoms with van der Waals surface area (Å²) in [7, 11) is 1.72. The van der Waals surface area contributed by atoms with E-state index in [1.807, 2.05) is 0 Å². The molecule has 182 valence electrons. The van der Waals surface area contributed by atoms with Crippen LogP contribution in [0.1, 0.15) is 54.1 Å². The Balaban J connectivity index is 0.000000241. The van der Waals surface area contributed by atoms with E-state index in [0.717, 1.165) is 17.7 Å². The van der Waals surface area contributed by atoms with Crippen LogP contribution in [0.25, 0.3) is 11.3 Å². The first-order valence-electron chi connectivity index (χ1n) is 10.0. The van der Waals surface area contributed by atoms with Crippen molar-refractivity contribution in [2.45, 2.75) is 34.1 Å². The zero-order valence-corrected chi connectivity index (χ0v) is 18.7. The third-order valence-corrected chi connectivity index (χ3v) is 5.67. The molecule has 3 heterocycles. The minimum atomic E-state index is -1.03. The molecule has 0 unspecified atom stereocenters. The third-order valence-electron chi connectivity index (χ3n) is 5.20. The Hall–Kier alpha value is -3.03. The Morgan fingerprint density at radius 2 is 1.56 bits per heavy atom. The largest absolute Gasteiger partial charge is 0.493 e. The summed E-state index contributed by atoms with van der Waals surface area (Å²) in [5, 5.41) is 14.4. The predicted octanol–water partition coefficient (Wildman–Crippen LogP) is 6.34. The molecule has 0 fully saturated rings. The second-order valence-electron chi connectivity index (χ2n) is 7.36. The highest BCUT2D eigenvalue weighted by atomic mass is 35.5. The van der Waals surface area contributed by atoms with Gasteiger partial charge in [0.1, 0.15) is 11.5 Å². The van der Waals surface area contributed by atoms with E-state index in [4.69, 9.17) is 32.7 Å². The van der Waals surface area contributed by atoms with E-state index < -0.39 is 5.97 Å². The molecular formula is C25H28Cl2N2O5. The number of aromatic carboxylic acids is 1. The van der Waals surface area contributed by atoms with Crippen LogP contribution in [0.15, 0.2) is 36.4 Å². The molecule has 0 atom stereocenters. The van der Waals surface area contributed by atoms with Crippen molar-refractivity contribution >= 4 is 35.0 Å². The highest BCUT2D eigenvalue weighted by Crippen LogP contribution is 2.38. The second kappa shape index (κ2) is 11.4. The lowest BCUT2D eigenvalue weighted by Crippen LogP contribution is -2.05. The smallest absolute Gasteiger partial charge is 0.356 e. The summed E-state index contributed by atoms with van der Waals surface area (Å²) in [6.07, 6.45) is 1.84. The molecule has 7 nitrogen and oxygen atoms in total. The van der Waals surface area contributed by atoms with Gasteiger partial charge in [-0.05, 0) is 42.8 Å². The molecule has 0 amide bonds. The van der Waals surface area contributed by atoms with Crippen LogP contribution in [0.3, 0.4) is 0 Å². The fourth-order valence-electron chi connectivity index (χ4n) is 3.79. The Morgan fingerprint density at radius 1 is 0.971 bits per heavy atom. The summed E-state index contributed by atoms with van der Waals surface area (Å²) < 4.78 is 12.6. The van der Waals surface area contributed by atoms with Gasteiger partial charge in [0.25, 0.3) is 0 Å². The number of aryl methyl sites for hydroxylation is 1. The number of fused-ring (bicyclic) bond motifs is 4. The number of halogens is 2. The number of hydrogen-bond donors (Lipinski definition) is 1. The van der Waals surface area contributed by atoms with Crippen molar-refractivity contribution in [1.82, 2.24) is 9.78 Å². The number of Topliss-reactive ketones (excluding diaryl/α,β-unsaturated/α-hetero) is 1. The number of benzene rings is 2. The highest BCUT2D eigenvalue weighted by Gasteiger charge is 2.26. The lowest BCUT2D eigenvalue weighted by atomic mass is 10.0. The first-order valence-corrected chi connectivity index (χ1v) is 10.8. The SMILES string of the molecule is C.C.Cn1nc(C(=O)O)c2c1-c1cc(Cl)ccc1OCC2.O=C1CCCOc2ccc(Cl)cc21. The van der Waals surface area contributed by atoms with Gasteiger partial charge in [0.2, 0.25) is 0 Å². The molecule has 2 aromatic carbocycles. The third kappa shape index (κ3) is 5.54. The van der Waals surface area contributed by atoms with Crippen molar-refractivity contribution in [1.29, 1.82) is 0 Å². The molecule has 5 rings (SSSR count). The maximum atomic E-state index is 11.5. The molecular weight excluding hydrogens is 479 g/mol. The van der Waals surface area contributed by atoms with Gasteiger partial charge in [-0.3, -0.25) is 9.48 Å². The van der Waals surface area contributed by atoms with Gasteiger partial charge in [0.05, 0.1) is 24.5 Å². The van der Waals surface area contributed by atoms with E-state index in [1.54, 1.807) is 48.1 Å². The van der Waals surface area contributed by atoms with Gasteiger partial charge in [-0.1, -0.05) is 38.1 Å². The molecule has 2 aliphatic heterocycles. The van der Waals surface area contributed by atoms with Gasteiger partial charge in [-0.15, -0.1) is 0 Å². The lowest BCUT2D eigenvalue weighted by Gasteiger charge is -2.08. The van der Waals surface area contributed by atoms with Crippen LogP contribution in [0.2, 0.25) is 10.0 Å². The van der Waals surface area contributed by atoms with Gasteiger partial charge in [0, 0.05) is 41.1 Å². The van der Waals surface area contributed by atoms with E-state index in [0.29, 0.717) is 58.7 Å². The van der Waals surface area contributed by atoms with Crippen LogP contribution < -0.4 is 9.47 Å². The molecule has 34 heavy (non-hydrogen) atoms. The quantitative estimate of drug-likeness (QED) is 0.413. The summed E-state index contributed by atoms with van der Waals surface area (Å²) in [5.41, 5.74) is 2.92. The van der Waals surface area contributed by atoms with Crippen molar-refractivity contribution in [2.75, 3.05) is 13.2 Å². The van der Waals surface area contributed by atoms with Crippen molar-refractivity contribution < 1.29 is 24.2 Å². The van der Waals surface area contributed by atoms with Crippen molar-refractivity contribution in [3.05, 3.63) is 63.3 Å². The predicted molar refractivity (Wildman–Crippen MR) is 134 cm³/mol. The number of carboxylic acids is 1. The Bertz CT molecular complexity index is 1210. The number of carbonyl (C=O) groups excluding carboxylic acids is 1. The average Bonchev–Trinajstić information content (AvgIpc) is 2.88. The van der Waals surface area contributed by atoms with Gasteiger partial charge in [0.15, 0.2) is 11.5 Å². The molecule has 0 saturated heterocycles. The summed E-state index contributed by atoms with van der Waals surface area (Å²) in [4.78, 5) is 22.8. The summed E-state index contributed by atoms with van der Waals surface area (Å²) in [6, 6.07) is 10.5. The van der Waals surface area contributed by atoms with Gasteiger partial charge >= 0.3 is 5.97 Å². The number of ether oxygens (including phenoxy) is 2. The van der Waals surface area contributed by atoms with E-state index in [2.05, 4.69) is 5.10 Å². The molecule has 9 heteroatoms. The topological polar surface area (TPSA) is 90.7 Å². The number of rotatable bonds is 1. The summed E-state index contributed by atoms with van der Waals surface area (Å²) >= 11 is 11.8. The Morgan fingerprint density at radius 3 is 2.21 bits per heavy atom. The molecule has 1 N–H and O–H groups in total. The van der Waals surface area contributed by atoms with Crippen molar-refractivity contribution in [3.8, 4) is 22.8 Å². The molecule has 3 aromatic rings.